The zero-order valence-corrected chi connectivity index (χ0v) is 9.47. The van der Waals surface area contributed by atoms with Gasteiger partial charge in [-0.25, -0.2) is 0 Å². The summed E-state index contributed by atoms with van der Waals surface area (Å²) in [7, 11) is 1.35. The van der Waals surface area contributed by atoms with E-state index in [9.17, 15) is 14.9 Å². The zero-order valence-electron chi connectivity index (χ0n) is 9.47. The number of methoxy groups -OCH3 is 1. The lowest BCUT2D eigenvalue weighted by molar-refractivity contribution is -0.385. The summed E-state index contributed by atoms with van der Waals surface area (Å²) in [4.78, 5) is 25.1. The normalized spacial score (nSPS) is 14.3. The van der Waals surface area contributed by atoms with Gasteiger partial charge in [-0.1, -0.05) is 0 Å². The largest absolute Gasteiger partial charge is 0.490 e. The van der Waals surface area contributed by atoms with Crippen molar-refractivity contribution in [2.24, 2.45) is 4.99 Å². The number of nitro groups is 1. The minimum atomic E-state index is -0.527. The van der Waals surface area contributed by atoms with Crippen molar-refractivity contribution in [3.05, 3.63) is 33.9 Å². The molecule has 18 heavy (non-hydrogen) atoms. The van der Waals surface area contributed by atoms with Crippen molar-refractivity contribution in [1.29, 1.82) is 0 Å². The first-order chi connectivity index (χ1) is 8.61. The highest BCUT2D eigenvalue weighted by atomic mass is 16.6. The van der Waals surface area contributed by atoms with Crippen molar-refractivity contribution in [1.82, 2.24) is 10.9 Å². The average molecular weight is 250 g/mol. The first kappa shape index (κ1) is 11.8. The number of amides is 1. The third-order valence-electron chi connectivity index (χ3n) is 2.35. The number of rotatable bonds is 3. The number of carbonyl (C=O) groups is 1. The number of hydrogen-bond donors (Lipinski definition) is 2. The van der Waals surface area contributed by atoms with Crippen LogP contribution >= 0.6 is 0 Å². The first-order valence-corrected chi connectivity index (χ1v) is 5.04. The Labute approximate surface area is 102 Å². The Morgan fingerprint density at radius 3 is 2.78 bits per heavy atom. The Balaban J connectivity index is 2.36. The molecule has 1 amide bonds. The average Bonchev–Trinajstić information content (AvgIpc) is 2.38. The summed E-state index contributed by atoms with van der Waals surface area (Å²) in [5.74, 6) is 0.328. The molecule has 0 bridgehead atoms. The van der Waals surface area contributed by atoms with E-state index in [0.717, 1.165) is 0 Å². The Morgan fingerprint density at radius 1 is 1.44 bits per heavy atom. The summed E-state index contributed by atoms with van der Waals surface area (Å²) >= 11 is 0. The number of nitro benzene ring substituents is 1. The van der Waals surface area contributed by atoms with Gasteiger partial charge in [0.05, 0.1) is 12.0 Å². The van der Waals surface area contributed by atoms with E-state index in [1.54, 1.807) is 0 Å². The molecule has 94 valence electrons. The maximum absolute atomic E-state index is 10.9. The third-order valence-corrected chi connectivity index (χ3v) is 2.35. The molecule has 0 radical (unpaired) electrons. The van der Waals surface area contributed by atoms with Crippen molar-refractivity contribution >= 4 is 17.4 Å². The maximum atomic E-state index is 10.9. The van der Waals surface area contributed by atoms with E-state index >= 15 is 0 Å². The number of benzene rings is 1. The number of aliphatic imine (C=N–C) groups is 1. The minimum Gasteiger partial charge on any atom is -0.490 e. The summed E-state index contributed by atoms with van der Waals surface area (Å²) in [5, 5.41) is 10.7. The van der Waals surface area contributed by atoms with Gasteiger partial charge in [0.2, 0.25) is 0 Å². The van der Waals surface area contributed by atoms with Gasteiger partial charge in [0.1, 0.15) is 12.4 Å². The quantitative estimate of drug-likeness (QED) is 0.579. The molecule has 1 aromatic carbocycles. The summed E-state index contributed by atoms with van der Waals surface area (Å²) in [6.07, 6.45) is 0. The van der Waals surface area contributed by atoms with E-state index in [2.05, 4.69) is 15.8 Å². The highest BCUT2D eigenvalue weighted by Gasteiger charge is 2.18. The molecule has 0 saturated heterocycles. The van der Waals surface area contributed by atoms with Gasteiger partial charge >= 0.3 is 5.69 Å². The molecule has 0 saturated carbocycles. The number of carbonyl (C=O) groups excluding carboxylic acids is 1. The molecule has 2 rings (SSSR count). The van der Waals surface area contributed by atoms with Crippen LogP contribution in [0.25, 0.3) is 0 Å². The van der Waals surface area contributed by atoms with E-state index in [0.29, 0.717) is 11.4 Å². The second kappa shape index (κ2) is 4.70. The standard InChI is InChI=1S/C10H10N4O4/c1-18-8-4-6(2-3-7(8)14(16)17)10-11-5-9(15)12-13-10/h2-4H,5H2,1H3,(H,11,13)(H,12,15). The van der Waals surface area contributed by atoms with Crippen LogP contribution in [0.1, 0.15) is 5.56 Å². The molecule has 2 N–H and O–H groups in total. The van der Waals surface area contributed by atoms with Crippen molar-refractivity contribution in [3.8, 4) is 5.75 Å². The van der Waals surface area contributed by atoms with Crippen LogP contribution in [0.4, 0.5) is 5.69 Å². The topological polar surface area (TPSA) is 106 Å². The lowest BCUT2D eigenvalue weighted by atomic mass is 10.1. The highest BCUT2D eigenvalue weighted by Crippen LogP contribution is 2.27. The number of nitrogens with one attached hydrogen (secondary N) is 2. The molecule has 8 heteroatoms. The lowest BCUT2D eigenvalue weighted by Gasteiger charge is -2.15. The van der Waals surface area contributed by atoms with Gasteiger partial charge in [-0.05, 0) is 12.1 Å². The maximum Gasteiger partial charge on any atom is 0.310 e. The molecular formula is C10H10N4O4. The Hall–Kier alpha value is -2.64. The van der Waals surface area contributed by atoms with E-state index in [4.69, 9.17) is 4.74 Å². The van der Waals surface area contributed by atoms with Crippen LogP contribution in [-0.2, 0) is 4.79 Å². The fourth-order valence-corrected chi connectivity index (χ4v) is 1.50. The number of ether oxygens (including phenoxy) is 1. The molecule has 0 unspecified atom stereocenters. The predicted octanol–water partition coefficient (Wildman–Crippen LogP) is -0.0156. The van der Waals surface area contributed by atoms with Gasteiger partial charge in [-0.3, -0.25) is 30.8 Å². The van der Waals surface area contributed by atoms with Crippen LogP contribution in [0.5, 0.6) is 5.75 Å². The van der Waals surface area contributed by atoms with Gasteiger partial charge in [0.15, 0.2) is 5.75 Å². The van der Waals surface area contributed by atoms with Gasteiger partial charge in [0, 0.05) is 11.6 Å². The predicted molar refractivity (Wildman–Crippen MR) is 62.3 cm³/mol. The molecule has 1 aliphatic heterocycles. The number of nitrogens with zero attached hydrogens (tertiary/aromatic N) is 2. The number of hydrazine groups is 1. The van der Waals surface area contributed by atoms with Gasteiger partial charge < -0.3 is 4.74 Å². The van der Waals surface area contributed by atoms with Crippen molar-refractivity contribution in [3.63, 3.8) is 0 Å². The van der Waals surface area contributed by atoms with E-state index in [1.807, 2.05) is 0 Å². The van der Waals surface area contributed by atoms with Crippen LogP contribution in [0.2, 0.25) is 0 Å². The van der Waals surface area contributed by atoms with E-state index in [1.165, 1.54) is 25.3 Å². The number of hydrogen-bond acceptors (Lipinski definition) is 6. The Kier molecular flexibility index (Phi) is 3.09. The summed E-state index contributed by atoms with van der Waals surface area (Å²) in [6.45, 7) is 0.0155. The van der Waals surface area contributed by atoms with Gasteiger partial charge in [0.25, 0.3) is 5.91 Å². The van der Waals surface area contributed by atoms with Crippen molar-refractivity contribution in [2.75, 3.05) is 13.7 Å². The first-order valence-electron chi connectivity index (χ1n) is 5.04. The van der Waals surface area contributed by atoms with Crippen LogP contribution < -0.4 is 15.6 Å². The summed E-state index contributed by atoms with van der Waals surface area (Å²) in [6, 6.07) is 4.35. The third kappa shape index (κ3) is 2.21. The zero-order chi connectivity index (χ0) is 13.1. The Morgan fingerprint density at radius 2 is 2.22 bits per heavy atom. The van der Waals surface area contributed by atoms with Crippen LogP contribution in [0.15, 0.2) is 23.2 Å². The highest BCUT2D eigenvalue weighted by molar-refractivity contribution is 6.03. The van der Waals surface area contributed by atoms with Crippen LogP contribution in [0, 0.1) is 10.1 Å². The van der Waals surface area contributed by atoms with Gasteiger partial charge in [-0.2, -0.15) is 0 Å². The van der Waals surface area contributed by atoms with E-state index < -0.39 is 4.92 Å². The minimum absolute atomic E-state index is 0.0155. The molecule has 1 aromatic rings. The Bertz CT molecular complexity index is 541. The molecule has 0 aromatic heterocycles. The van der Waals surface area contributed by atoms with E-state index in [-0.39, 0.29) is 23.9 Å². The summed E-state index contributed by atoms with van der Waals surface area (Å²) < 4.78 is 4.95. The molecule has 0 aliphatic carbocycles. The molecule has 8 nitrogen and oxygen atoms in total. The molecular weight excluding hydrogens is 240 g/mol. The van der Waals surface area contributed by atoms with Crippen molar-refractivity contribution in [2.45, 2.75) is 0 Å². The molecule has 1 heterocycles. The van der Waals surface area contributed by atoms with Gasteiger partial charge in [-0.15, -0.1) is 0 Å². The summed E-state index contributed by atoms with van der Waals surface area (Å²) in [5.41, 5.74) is 5.49. The lowest BCUT2D eigenvalue weighted by Crippen LogP contribution is -2.47. The van der Waals surface area contributed by atoms with Crippen LogP contribution in [0.3, 0.4) is 0 Å². The number of amidine groups is 1. The fourth-order valence-electron chi connectivity index (χ4n) is 1.50. The molecule has 0 fully saturated rings. The second-order valence-electron chi connectivity index (χ2n) is 3.48. The second-order valence-corrected chi connectivity index (χ2v) is 3.48. The smallest absolute Gasteiger partial charge is 0.310 e. The van der Waals surface area contributed by atoms with Crippen LogP contribution in [-0.4, -0.2) is 30.3 Å². The molecule has 0 atom stereocenters. The fraction of sp³-hybridized carbons (Fsp3) is 0.200. The SMILES string of the molecule is COc1cc(C2=NCC(=O)NN2)ccc1[N+](=O)[O-]. The monoisotopic (exact) mass is 250 g/mol. The molecule has 1 aliphatic rings. The molecule has 0 spiro atoms. The van der Waals surface area contributed by atoms with Crippen molar-refractivity contribution < 1.29 is 14.5 Å².